The molecule has 0 aliphatic rings. The van der Waals surface area contributed by atoms with Crippen molar-refractivity contribution in [3.63, 3.8) is 0 Å². The van der Waals surface area contributed by atoms with Gasteiger partial charge < -0.3 is 5.11 Å². The molecule has 0 amide bonds. The number of phenols is 1. The number of nitro groups is 1. The number of aliphatic imine (C=N–C) groups is 1. The Morgan fingerprint density at radius 3 is 2.81 bits per heavy atom. The van der Waals surface area contributed by atoms with Crippen molar-refractivity contribution >= 4 is 45.1 Å². The van der Waals surface area contributed by atoms with Gasteiger partial charge >= 0.3 is 0 Å². The van der Waals surface area contributed by atoms with Crippen LogP contribution in [0.15, 0.2) is 39.8 Å². The quantitative estimate of drug-likeness (QED) is 0.481. The first-order chi connectivity index (χ1) is 9.90. The molecule has 0 saturated carbocycles. The van der Waals surface area contributed by atoms with Gasteiger partial charge in [0, 0.05) is 17.8 Å². The largest absolute Gasteiger partial charge is 0.506 e. The highest BCUT2D eigenvalue weighted by atomic mass is 79.9. The van der Waals surface area contributed by atoms with Gasteiger partial charge in [-0.2, -0.15) is 0 Å². The number of nitro benzene ring substituents is 1. The van der Waals surface area contributed by atoms with Crippen LogP contribution in [0.4, 0.5) is 11.4 Å². The summed E-state index contributed by atoms with van der Waals surface area (Å²) < 4.78 is 0.550. The zero-order chi connectivity index (χ0) is 15.6. The standard InChI is InChI=1S/C14H10BrClN2O3/c1-8-5-9(14(19)10(15)6-8)7-17-11-3-2-4-12(13(11)16)18(20)21/h2-7,19H,1H3. The van der Waals surface area contributed by atoms with Crippen LogP contribution < -0.4 is 0 Å². The average Bonchev–Trinajstić information content (AvgIpc) is 2.42. The molecule has 0 unspecified atom stereocenters. The second-order valence-electron chi connectivity index (χ2n) is 4.31. The van der Waals surface area contributed by atoms with Crippen LogP contribution in [0.25, 0.3) is 0 Å². The van der Waals surface area contributed by atoms with E-state index in [1.54, 1.807) is 18.2 Å². The predicted octanol–water partition coefficient (Wildman–Crippen LogP) is 4.78. The van der Waals surface area contributed by atoms with Gasteiger partial charge in [-0.05, 0) is 46.6 Å². The number of hydrogen-bond acceptors (Lipinski definition) is 4. The molecule has 7 heteroatoms. The lowest BCUT2D eigenvalue weighted by Gasteiger charge is -2.04. The van der Waals surface area contributed by atoms with Crippen LogP contribution >= 0.6 is 27.5 Å². The third-order valence-corrected chi connectivity index (χ3v) is 3.73. The first kappa shape index (κ1) is 15.5. The summed E-state index contributed by atoms with van der Waals surface area (Å²) in [5, 5.41) is 20.7. The van der Waals surface area contributed by atoms with Crippen molar-refractivity contribution in [3.05, 3.63) is 61.1 Å². The Hall–Kier alpha value is -1.92. The summed E-state index contributed by atoms with van der Waals surface area (Å²) in [6.45, 7) is 1.88. The van der Waals surface area contributed by atoms with Crippen LogP contribution in [-0.2, 0) is 0 Å². The minimum absolute atomic E-state index is 0.0371. The Balaban J connectivity index is 2.43. The second-order valence-corrected chi connectivity index (χ2v) is 5.54. The Morgan fingerprint density at radius 1 is 1.43 bits per heavy atom. The number of aromatic hydroxyl groups is 1. The molecule has 0 radical (unpaired) electrons. The third kappa shape index (κ3) is 3.40. The van der Waals surface area contributed by atoms with Crippen molar-refractivity contribution in [2.24, 2.45) is 4.99 Å². The number of aryl methyl sites for hydroxylation is 1. The molecule has 5 nitrogen and oxygen atoms in total. The number of rotatable bonds is 3. The molecule has 0 aliphatic heterocycles. The van der Waals surface area contributed by atoms with Gasteiger partial charge in [0.2, 0.25) is 0 Å². The van der Waals surface area contributed by atoms with Gasteiger partial charge in [0.15, 0.2) is 0 Å². The molecule has 1 N–H and O–H groups in total. The van der Waals surface area contributed by atoms with Crippen molar-refractivity contribution in [1.29, 1.82) is 0 Å². The summed E-state index contributed by atoms with van der Waals surface area (Å²) in [5.41, 5.74) is 1.49. The van der Waals surface area contributed by atoms with Crippen molar-refractivity contribution in [2.45, 2.75) is 6.92 Å². The Labute approximate surface area is 134 Å². The smallest absolute Gasteiger partial charge is 0.290 e. The highest BCUT2D eigenvalue weighted by molar-refractivity contribution is 9.10. The molecular weight excluding hydrogens is 360 g/mol. The van der Waals surface area contributed by atoms with Crippen molar-refractivity contribution in [1.82, 2.24) is 0 Å². The highest BCUT2D eigenvalue weighted by Gasteiger charge is 2.14. The molecule has 0 aromatic heterocycles. The molecule has 0 heterocycles. The van der Waals surface area contributed by atoms with Crippen LogP contribution in [0.1, 0.15) is 11.1 Å². The van der Waals surface area contributed by atoms with E-state index in [1.807, 2.05) is 6.92 Å². The molecule has 2 aromatic rings. The van der Waals surface area contributed by atoms with Gasteiger partial charge in [0.25, 0.3) is 5.69 Å². The second kappa shape index (κ2) is 6.24. The number of nitrogens with zero attached hydrogens (tertiary/aromatic N) is 2. The number of hydrogen-bond donors (Lipinski definition) is 1. The maximum absolute atomic E-state index is 10.8. The van der Waals surface area contributed by atoms with Crippen LogP contribution in [0.3, 0.4) is 0 Å². The van der Waals surface area contributed by atoms with Gasteiger partial charge in [-0.1, -0.05) is 17.7 Å². The molecule has 108 valence electrons. The summed E-state index contributed by atoms with van der Waals surface area (Å²) in [5.74, 6) is 0.0471. The summed E-state index contributed by atoms with van der Waals surface area (Å²) in [6, 6.07) is 7.89. The molecule has 0 fully saturated rings. The van der Waals surface area contributed by atoms with E-state index in [2.05, 4.69) is 20.9 Å². The molecule has 21 heavy (non-hydrogen) atoms. The van der Waals surface area contributed by atoms with Crippen molar-refractivity contribution in [3.8, 4) is 5.75 Å². The molecule has 2 rings (SSSR count). The number of benzene rings is 2. The Morgan fingerprint density at radius 2 is 2.14 bits per heavy atom. The number of halogens is 2. The minimum atomic E-state index is -0.567. The zero-order valence-corrected chi connectivity index (χ0v) is 13.2. The fourth-order valence-electron chi connectivity index (χ4n) is 1.75. The van der Waals surface area contributed by atoms with E-state index in [0.29, 0.717) is 10.0 Å². The summed E-state index contributed by atoms with van der Waals surface area (Å²) >= 11 is 9.19. The van der Waals surface area contributed by atoms with Gasteiger partial charge in [-0.3, -0.25) is 15.1 Å². The fraction of sp³-hybridized carbons (Fsp3) is 0.0714. The fourth-order valence-corrected chi connectivity index (χ4v) is 2.58. The summed E-state index contributed by atoms with van der Waals surface area (Å²) in [6.07, 6.45) is 1.41. The van der Waals surface area contributed by atoms with E-state index in [1.165, 1.54) is 18.3 Å². The zero-order valence-electron chi connectivity index (χ0n) is 10.9. The average molecular weight is 370 g/mol. The van der Waals surface area contributed by atoms with E-state index in [-0.39, 0.29) is 22.1 Å². The molecule has 2 aromatic carbocycles. The van der Waals surface area contributed by atoms with E-state index < -0.39 is 4.92 Å². The van der Waals surface area contributed by atoms with E-state index in [9.17, 15) is 15.2 Å². The van der Waals surface area contributed by atoms with Gasteiger partial charge in [0.05, 0.1) is 15.1 Å². The lowest BCUT2D eigenvalue weighted by Crippen LogP contribution is -1.89. The molecular formula is C14H10BrClN2O3. The van der Waals surface area contributed by atoms with Crippen molar-refractivity contribution in [2.75, 3.05) is 0 Å². The van der Waals surface area contributed by atoms with Crippen molar-refractivity contribution < 1.29 is 10.0 Å². The highest BCUT2D eigenvalue weighted by Crippen LogP contribution is 2.34. The van der Waals surface area contributed by atoms with Crippen LogP contribution in [0, 0.1) is 17.0 Å². The molecule has 0 bridgehead atoms. The lowest BCUT2D eigenvalue weighted by molar-refractivity contribution is -0.384. The monoisotopic (exact) mass is 368 g/mol. The molecule has 0 saturated heterocycles. The topological polar surface area (TPSA) is 75.7 Å². The van der Waals surface area contributed by atoms with Gasteiger partial charge in [-0.15, -0.1) is 0 Å². The normalized spacial score (nSPS) is 11.0. The van der Waals surface area contributed by atoms with Gasteiger partial charge in [0.1, 0.15) is 10.8 Å². The first-order valence-corrected chi connectivity index (χ1v) is 7.03. The number of phenolic OH excluding ortho intramolecular Hbond substituents is 1. The maximum atomic E-state index is 10.8. The lowest BCUT2D eigenvalue weighted by atomic mass is 10.1. The van der Waals surface area contributed by atoms with Crippen LogP contribution in [0.5, 0.6) is 5.75 Å². The molecule has 0 spiro atoms. The SMILES string of the molecule is Cc1cc(Br)c(O)c(C=Nc2cccc([N+](=O)[O-])c2Cl)c1. The Bertz CT molecular complexity index is 747. The predicted molar refractivity (Wildman–Crippen MR) is 85.9 cm³/mol. The van der Waals surface area contributed by atoms with E-state index in [0.717, 1.165) is 5.56 Å². The van der Waals surface area contributed by atoms with Crippen LogP contribution in [-0.4, -0.2) is 16.2 Å². The summed E-state index contributed by atoms with van der Waals surface area (Å²) in [7, 11) is 0. The van der Waals surface area contributed by atoms with Gasteiger partial charge in [-0.25, -0.2) is 0 Å². The van der Waals surface area contributed by atoms with E-state index >= 15 is 0 Å². The first-order valence-electron chi connectivity index (χ1n) is 5.86. The Kier molecular flexibility index (Phi) is 4.59. The third-order valence-electron chi connectivity index (χ3n) is 2.73. The van der Waals surface area contributed by atoms with E-state index in [4.69, 9.17) is 11.6 Å². The van der Waals surface area contributed by atoms with Crippen LogP contribution in [0.2, 0.25) is 5.02 Å². The maximum Gasteiger partial charge on any atom is 0.290 e. The minimum Gasteiger partial charge on any atom is -0.506 e. The molecule has 0 aliphatic carbocycles. The summed E-state index contributed by atoms with van der Waals surface area (Å²) in [4.78, 5) is 14.4. The molecule has 0 atom stereocenters.